The van der Waals surface area contributed by atoms with Crippen LogP contribution in [0.1, 0.15) is 26.7 Å². The van der Waals surface area contributed by atoms with Crippen molar-refractivity contribution < 1.29 is 9.53 Å². The summed E-state index contributed by atoms with van der Waals surface area (Å²) >= 11 is 3.85. The Morgan fingerprint density at radius 1 is 1.23 bits per heavy atom. The zero-order valence-corrected chi connectivity index (χ0v) is 15.1. The van der Waals surface area contributed by atoms with Crippen LogP contribution in [0.25, 0.3) is 0 Å². The van der Waals surface area contributed by atoms with E-state index in [0.29, 0.717) is 12.1 Å². The monoisotopic (exact) mass is 329 g/mol. The van der Waals surface area contributed by atoms with E-state index in [-0.39, 0.29) is 5.24 Å². The van der Waals surface area contributed by atoms with Crippen molar-refractivity contribution in [3.05, 3.63) is 0 Å². The van der Waals surface area contributed by atoms with E-state index >= 15 is 0 Å². The molecule has 0 aromatic heterocycles. The van der Waals surface area contributed by atoms with Gasteiger partial charge in [0, 0.05) is 52.4 Å². The lowest BCUT2D eigenvalue weighted by molar-refractivity contribution is -0.0432. The van der Waals surface area contributed by atoms with Crippen LogP contribution in [0.3, 0.4) is 0 Å². The summed E-state index contributed by atoms with van der Waals surface area (Å²) in [5, 5.41) is -0.150. The van der Waals surface area contributed by atoms with Crippen LogP contribution < -0.4 is 0 Å². The highest BCUT2D eigenvalue weighted by Gasteiger charge is 2.34. The highest BCUT2D eigenvalue weighted by atomic mass is 32.1. The van der Waals surface area contributed by atoms with Gasteiger partial charge in [0.2, 0.25) is 0 Å². The molecular formula is C16H31N3O2S. The molecule has 1 aliphatic heterocycles. The summed E-state index contributed by atoms with van der Waals surface area (Å²) in [7, 11) is 1.81. The molecule has 2 fully saturated rings. The van der Waals surface area contributed by atoms with E-state index in [4.69, 9.17) is 4.74 Å². The van der Waals surface area contributed by atoms with Crippen LogP contribution in [0.2, 0.25) is 0 Å². The third-order valence-electron chi connectivity index (χ3n) is 4.77. The van der Waals surface area contributed by atoms with Crippen molar-refractivity contribution in [2.75, 3.05) is 52.9 Å². The number of hydrogen-bond donors (Lipinski definition) is 1. The van der Waals surface area contributed by atoms with E-state index in [1.807, 2.05) is 7.05 Å². The van der Waals surface area contributed by atoms with Gasteiger partial charge >= 0.3 is 0 Å². The van der Waals surface area contributed by atoms with Crippen molar-refractivity contribution in [1.29, 1.82) is 0 Å². The Balaban J connectivity index is 1.51. The van der Waals surface area contributed by atoms with Crippen molar-refractivity contribution in [2.24, 2.45) is 5.92 Å². The third kappa shape index (κ3) is 5.41. The van der Waals surface area contributed by atoms with E-state index in [1.54, 1.807) is 4.90 Å². The van der Waals surface area contributed by atoms with E-state index < -0.39 is 0 Å². The van der Waals surface area contributed by atoms with Gasteiger partial charge in [0.05, 0.1) is 12.7 Å². The van der Waals surface area contributed by atoms with Crippen molar-refractivity contribution >= 4 is 17.9 Å². The molecule has 6 heteroatoms. The third-order valence-corrected chi connectivity index (χ3v) is 5.08. The molecule has 1 saturated carbocycles. The normalized spacial score (nSPS) is 27.0. The first-order valence-corrected chi connectivity index (χ1v) is 8.92. The first-order chi connectivity index (χ1) is 10.5. The van der Waals surface area contributed by atoms with Gasteiger partial charge in [0.25, 0.3) is 5.24 Å². The fraction of sp³-hybridized carbons (Fsp3) is 0.938. The Labute approximate surface area is 140 Å². The molecule has 1 heterocycles. The van der Waals surface area contributed by atoms with Crippen molar-refractivity contribution in [3.8, 4) is 0 Å². The summed E-state index contributed by atoms with van der Waals surface area (Å²) in [6.07, 6.45) is 2.22. The fourth-order valence-electron chi connectivity index (χ4n) is 3.21. The minimum atomic E-state index is -0.150. The van der Waals surface area contributed by atoms with E-state index in [1.165, 1.54) is 19.6 Å². The zero-order valence-electron chi connectivity index (χ0n) is 14.2. The van der Waals surface area contributed by atoms with Gasteiger partial charge in [-0.2, -0.15) is 0 Å². The van der Waals surface area contributed by atoms with Crippen LogP contribution in [0, 0.1) is 5.92 Å². The van der Waals surface area contributed by atoms with Gasteiger partial charge in [0.15, 0.2) is 0 Å². The minimum absolute atomic E-state index is 0.150. The Morgan fingerprint density at radius 3 is 2.36 bits per heavy atom. The quantitative estimate of drug-likeness (QED) is 0.723. The van der Waals surface area contributed by atoms with Gasteiger partial charge in [0.1, 0.15) is 0 Å². The van der Waals surface area contributed by atoms with Gasteiger partial charge in [-0.25, -0.2) is 0 Å². The lowest BCUT2D eigenvalue weighted by Crippen LogP contribution is -2.49. The van der Waals surface area contributed by atoms with Crippen molar-refractivity contribution in [3.63, 3.8) is 0 Å². The Bertz CT molecular complexity index is 353. The van der Waals surface area contributed by atoms with Gasteiger partial charge in [-0.3, -0.25) is 9.69 Å². The van der Waals surface area contributed by atoms with Crippen molar-refractivity contribution in [1.82, 2.24) is 14.7 Å². The molecule has 0 N–H and O–H groups in total. The number of rotatable bonds is 7. The molecule has 0 aromatic rings. The molecule has 0 bridgehead atoms. The molecule has 0 spiro atoms. The van der Waals surface area contributed by atoms with E-state index in [2.05, 4.69) is 36.3 Å². The topological polar surface area (TPSA) is 36.0 Å². The molecule has 0 aromatic carbocycles. The Morgan fingerprint density at radius 2 is 1.82 bits per heavy atom. The second-order valence-electron chi connectivity index (χ2n) is 7.05. The molecule has 1 saturated heterocycles. The fourth-order valence-corrected chi connectivity index (χ4v) is 3.37. The number of piperazine rings is 1. The minimum Gasteiger partial charge on any atom is -0.377 e. The van der Waals surface area contributed by atoms with Gasteiger partial charge < -0.3 is 14.5 Å². The molecule has 128 valence electrons. The zero-order chi connectivity index (χ0) is 16.1. The predicted octanol–water partition coefficient (Wildman–Crippen LogP) is 1.79. The standard InChI is InChI=1S/C16H31N3O2S/c1-13(2)12-19-6-4-18(5-7-19)8-9-21-15-10-14(11-15)17(3)16(20)22/h13-15H,4-12H2,1-3H3,(H,20,22)/t14-,15-. The van der Waals surface area contributed by atoms with E-state index in [9.17, 15) is 4.79 Å². The molecular weight excluding hydrogens is 298 g/mol. The second kappa shape index (κ2) is 8.52. The van der Waals surface area contributed by atoms with Crippen LogP contribution in [-0.2, 0) is 4.74 Å². The molecule has 2 rings (SSSR count). The number of carbonyl (C=O) groups is 1. The molecule has 22 heavy (non-hydrogen) atoms. The number of amides is 1. The molecule has 1 amide bonds. The Kier molecular flexibility index (Phi) is 6.99. The molecule has 2 aliphatic rings. The summed E-state index contributed by atoms with van der Waals surface area (Å²) < 4.78 is 5.91. The molecule has 0 radical (unpaired) electrons. The highest BCUT2D eigenvalue weighted by molar-refractivity contribution is 7.96. The number of ether oxygens (including phenoxy) is 1. The average molecular weight is 330 g/mol. The lowest BCUT2D eigenvalue weighted by Gasteiger charge is -2.40. The number of nitrogens with zero attached hydrogens (tertiary/aromatic N) is 3. The summed E-state index contributed by atoms with van der Waals surface area (Å²) in [5.74, 6) is 0.753. The highest BCUT2D eigenvalue weighted by Crippen LogP contribution is 2.28. The summed E-state index contributed by atoms with van der Waals surface area (Å²) in [6, 6.07) is 0.314. The maximum Gasteiger partial charge on any atom is 0.278 e. The van der Waals surface area contributed by atoms with Crippen LogP contribution in [0.5, 0.6) is 0 Å². The average Bonchev–Trinajstić information content (AvgIpc) is 2.41. The Hall–Kier alpha value is -0.300. The summed E-state index contributed by atoms with van der Waals surface area (Å²) in [4.78, 5) is 17.9. The maximum absolute atomic E-state index is 11.1. The summed E-state index contributed by atoms with van der Waals surface area (Å²) in [6.45, 7) is 12.3. The maximum atomic E-state index is 11.1. The SMILES string of the molecule is CC(C)CN1CCN(CCO[C@H]2C[C@H](N(C)C(=O)S)C2)CC1. The van der Waals surface area contributed by atoms with Crippen molar-refractivity contribution in [2.45, 2.75) is 38.8 Å². The van der Waals surface area contributed by atoms with E-state index in [0.717, 1.165) is 45.0 Å². The predicted molar refractivity (Wildman–Crippen MR) is 92.6 cm³/mol. The van der Waals surface area contributed by atoms with Gasteiger partial charge in [-0.1, -0.05) is 26.5 Å². The number of carbonyl (C=O) groups excluding carboxylic acids is 1. The first kappa shape index (κ1) is 18.0. The second-order valence-corrected chi connectivity index (χ2v) is 7.43. The van der Waals surface area contributed by atoms with Crippen LogP contribution in [-0.4, -0.2) is 85.0 Å². The number of hydrogen-bond acceptors (Lipinski definition) is 4. The van der Waals surface area contributed by atoms with Crippen LogP contribution >= 0.6 is 12.6 Å². The molecule has 5 nitrogen and oxygen atoms in total. The first-order valence-electron chi connectivity index (χ1n) is 8.47. The van der Waals surface area contributed by atoms with Gasteiger partial charge in [-0.05, 0) is 18.8 Å². The molecule has 0 unspecified atom stereocenters. The number of thiol groups is 1. The van der Waals surface area contributed by atoms with Crippen LogP contribution in [0.15, 0.2) is 0 Å². The summed E-state index contributed by atoms with van der Waals surface area (Å²) in [5.41, 5.74) is 0. The smallest absolute Gasteiger partial charge is 0.278 e. The molecule has 0 atom stereocenters. The van der Waals surface area contributed by atoms with Gasteiger partial charge in [-0.15, -0.1) is 0 Å². The lowest BCUT2D eigenvalue weighted by atomic mass is 9.88. The van der Waals surface area contributed by atoms with Crippen LogP contribution in [0.4, 0.5) is 4.79 Å². The largest absolute Gasteiger partial charge is 0.377 e. The molecule has 1 aliphatic carbocycles.